The van der Waals surface area contributed by atoms with Crippen molar-refractivity contribution in [1.82, 2.24) is 19.9 Å². The lowest BCUT2D eigenvalue weighted by Gasteiger charge is -2.03. The average Bonchev–Trinajstić information content (AvgIpc) is 3.67. The van der Waals surface area contributed by atoms with E-state index in [1.54, 1.807) is 0 Å². The maximum Gasteiger partial charge on any atom is 0.105 e. The minimum Gasteiger partial charge on any atom is -0.349 e. The Hall–Kier alpha value is -1.58. The molecular formula is C35H66N4. The van der Waals surface area contributed by atoms with E-state index in [1.807, 2.05) is 24.8 Å². The maximum atomic E-state index is 4.26. The van der Waals surface area contributed by atoms with Gasteiger partial charge in [-0.2, -0.15) is 0 Å². The molecule has 2 rings (SSSR count). The molecule has 0 saturated carbocycles. The number of rotatable bonds is 27. The quantitative estimate of drug-likeness (QED) is 0.110. The minimum absolute atomic E-state index is 1.11. The SMILES string of the molecule is CCCCCCCCCCCCCCCCCc1ncc[nH]1.CCCCCCCCCCCCc1ncc[nH]1. The van der Waals surface area contributed by atoms with Crippen molar-refractivity contribution in [3.8, 4) is 0 Å². The predicted molar refractivity (Wildman–Crippen MR) is 171 cm³/mol. The van der Waals surface area contributed by atoms with Crippen molar-refractivity contribution in [2.45, 2.75) is 187 Å². The van der Waals surface area contributed by atoms with E-state index < -0.39 is 0 Å². The fraction of sp³-hybridized carbons (Fsp3) is 0.829. The molecule has 2 heterocycles. The van der Waals surface area contributed by atoms with Crippen LogP contribution in [-0.4, -0.2) is 19.9 Å². The number of aromatic amines is 2. The molecule has 0 aliphatic rings. The van der Waals surface area contributed by atoms with Crippen molar-refractivity contribution in [2.75, 3.05) is 0 Å². The molecule has 4 heteroatoms. The van der Waals surface area contributed by atoms with Gasteiger partial charge >= 0.3 is 0 Å². The highest BCUT2D eigenvalue weighted by Gasteiger charge is 1.97. The highest BCUT2D eigenvalue weighted by molar-refractivity contribution is 4.87. The van der Waals surface area contributed by atoms with Gasteiger partial charge in [0.25, 0.3) is 0 Å². The van der Waals surface area contributed by atoms with Crippen LogP contribution in [0.2, 0.25) is 0 Å². The summed E-state index contributed by atoms with van der Waals surface area (Å²) in [5.74, 6) is 2.29. The van der Waals surface area contributed by atoms with Crippen LogP contribution in [0.5, 0.6) is 0 Å². The highest BCUT2D eigenvalue weighted by atomic mass is 14.9. The second kappa shape index (κ2) is 29.4. The summed E-state index contributed by atoms with van der Waals surface area (Å²) in [6.07, 6.45) is 45.1. The van der Waals surface area contributed by atoms with Crippen LogP contribution in [-0.2, 0) is 12.8 Å². The molecule has 0 spiro atoms. The van der Waals surface area contributed by atoms with Crippen LogP contribution in [0.3, 0.4) is 0 Å². The normalized spacial score (nSPS) is 11.0. The third-order valence-corrected chi connectivity index (χ3v) is 7.89. The number of unbranched alkanes of at least 4 members (excludes halogenated alkanes) is 23. The molecule has 2 N–H and O–H groups in total. The number of aryl methyl sites for hydroxylation is 2. The first-order valence-corrected chi connectivity index (χ1v) is 17.3. The lowest BCUT2D eigenvalue weighted by Crippen LogP contribution is -1.88. The van der Waals surface area contributed by atoms with Gasteiger partial charge in [0, 0.05) is 37.6 Å². The van der Waals surface area contributed by atoms with Gasteiger partial charge in [0.05, 0.1) is 0 Å². The van der Waals surface area contributed by atoms with Gasteiger partial charge in [0.1, 0.15) is 11.6 Å². The number of nitrogens with zero attached hydrogens (tertiary/aromatic N) is 2. The summed E-state index contributed by atoms with van der Waals surface area (Å²) >= 11 is 0. The minimum atomic E-state index is 1.11. The number of imidazole rings is 2. The number of aromatic nitrogens is 4. The lowest BCUT2D eigenvalue weighted by atomic mass is 10.0. The van der Waals surface area contributed by atoms with Crippen LogP contribution in [0.15, 0.2) is 24.8 Å². The number of H-pyrrole nitrogens is 2. The van der Waals surface area contributed by atoms with E-state index in [4.69, 9.17) is 0 Å². The topological polar surface area (TPSA) is 57.4 Å². The zero-order valence-electron chi connectivity index (χ0n) is 26.3. The molecule has 226 valence electrons. The molecule has 0 amide bonds. The van der Waals surface area contributed by atoms with Crippen LogP contribution in [0, 0.1) is 0 Å². The van der Waals surface area contributed by atoms with E-state index in [0.29, 0.717) is 0 Å². The van der Waals surface area contributed by atoms with Crippen molar-refractivity contribution in [3.63, 3.8) is 0 Å². The van der Waals surface area contributed by atoms with E-state index in [9.17, 15) is 0 Å². The van der Waals surface area contributed by atoms with Crippen molar-refractivity contribution in [1.29, 1.82) is 0 Å². The Morgan fingerprint density at radius 3 is 0.872 bits per heavy atom. The molecule has 0 saturated heterocycles. The van der Waals surface area contributed by atoms with Crippen LogP contribution < -0.4 is 0 Å². The standard InChI is InChI=1S/C20H38N2.C15H28N2/c1-2-3-4-5-6-7-8-9-10-11-12-13-14-15-16-17-20-21-18-19-22-20;1-2-3-4-5-6-7-8-9-10-11-12-15-16-13-14-17-15/h18-19H,2-17H2,1H3,(H,21,22);13-14H,2-12H2,1H3,(H,16,17). The van der Waals surface area contributed by atoms with Gasteiger partial charge < -0.3 is 9.97 Å². The summed E-state index contributed by atoms with van der Waals surface area (Å²) in [6, 6.07) is 0. The summed E-state index contributed by atoms with van der Waals surface area (Å²) in [4.78, 5) is 14.8. The summed E-state index contributed by atoms with van der Waals surface area (Å²) < 4.78 is 0. The molecule has 2 aromatic rings. The monoisotopic (exact) mass is 543 g/mol. The van der Waals surface area contributed by atoms with Crippen LogP contribution in [0.25, 0.3) is 0 Å². The van der Waals surface area contributed by atoms with Crippen molar-refractivity contribution >= 4 is 0 Å². The van der Waals surface area contributed by atoms with Crippen molar-refractivity contribution < 1.29 is 0 Å². The fourth-order valence-corrected chi connectivity index (χ4v) is 5.31. The van der Waals surface area contributed by atoms with Crippen molar-refractivity contribution in [3.05, 3.63) is 36.4 Å². The molecule has 0 bridgehead atoms. The third-order valence-electron chi connectivity index (χ3n) is 7.89. The van der Waals surface area contributed by atoms with Gasteiger partial charge in [-0.15, -0.1) is 0 Å². The Balaban J connectivity index is 0.000000403. The molecule has 0 aliphatic heterocycles. The van der Waals surface area contributed by atoms with Gasteiger partial charge in [-0.3, -0.25) is 0 Å². The molecular weight excluding hydrogens is 476 g/mol. The predicted octanol–water partition coefficient (Wildman–Crippen LogP) is 11.7. The summed E-state index contributed by atoms with van der Waals surface area (Å²) in [6.45, 7) is 4.57. The lowest BCUT2D eigenvalue weighted by molar-refractivity contribution is 0.531. The molecule has 0 fully saturated rings. The number of hydrogen-bond acceptors (Lipinski definition) is 2. The van der Waals surface area contributed by atoms with Crippen molar-refractivity contribution in [2.24, 2.45) is 0 Å². The van der Waals surface area contributed by atoms with Crippen LogP contribution in [0.1, 0.15) is 186 Å². The summed E-state index contributed by atoms with van der Waals surface area (Å²) in [5, 5.41) is 0. The molecule has 4 nitrogen and oxygen atoms in total. The Morgan fingerprint density at radius 1 is 0.385 bits per heavy atom. The molecule has 39 heavy (non-hydrogen) atoms. The van der Waals surface area contributed by atoms with Gasteiger partial charge in [-0.05, 0) is 12.8 Å². The first-order chi connectivity index (χ1) is 19.4. The van der Waals surface area contributed by atoms with Gasteiger partial charge in [0.15, 0.2) is 0 Å². The Bertz CT molecular complexity index is 665. The van der Waals surface area contributed by atoms with Crippen LogP contribution >= 0.6 is 0 Å². The third kappa shape index (κ3) is 25.2. The van der Waals surface area contributed by atoms with E-state index in [-0.39, 0.29) is 0 Å². The molecule has 2 aromatic heterocycles. The molecule has 0 aliphatic carbocycles. The molecule has 0 radical (unpaired) electrons. The summed E-state index contributed by atoms with van der Waals surface area (Å²) in [7, 11) is 0. The van der Waals surface area contributed by atoms with Crippen LogP contribution in [0.4, 0.5) is 0 Å². The number of nitrogens with one attached hydrogen (secondary N) is 2. The first kappa shape index (κ1) is 35.4. The van der Waals surface area contributed by atoms with E-state index >= 15 is 0 Å². The second-order valence-electron chi connectivity index (χ2n) is 11.7. The average molecular weight is 543 g/mol. The Morgan fingerprint density at radius 2 is 0.641 bits per heavy atom. The molecule has 0 atom stereocenters. The first-order valence-electron chi connectivity index (χ1n) is 17.3. The summed E-state index contributed by atoms with van der Waals surface area (Å²) in [5.41, 5.74) is 0. The number of hydrogen-bond donors (Lipinski definition) is 2. The fourth-order valence-electron chi connectivity index (χ4n) is 5.31. The highest BCUT2D eigenvalue weighted by Crippen LogP contribution is 2.14. The smallest absolute Gasteiger partial charge is 0.105 e. The van der Waals surface area contributed by atoms with Gasteiger partial charge in [0.2, 0.25) is 0 Å². The Labute approximate surface area is 243 Å². The molecule has 0 aromatic carbocycles. The zero-order valence-corrected chi connectivity index (χ0v) is 26.3. The largest absolute Gasteiger partial charge is 0.349 e. The van der Waals surface area contributed by atoms with Gasteiger partial charge in [-0.1, -0.05) is 162 Å². The van der Waals surface area contributed by atoms with E-state index in [2.05, 4.69) is 33.8 Å². The maximum absolute atomic E-state index is 4.26. The van der Waals surface area contributed by atoms with E-state index in [0.717, 1.165) is 24.5 Å². The van der Waals surface area contributed by atoms with Gasteiger partial charge in [-0.25, -0.2) is 9.97 Å². The second-order valence-corrected chi connectivity index (χ2v) is 11.7. The zero-order chi connectivity index (χ0) is 27.9. The molecule has 0 unspecified atom stereocenters. The van der Waals surface area contributed by atoms with E-state index in [1.165, 1.54) is 161 Å². The Kier molecular flexibility index (Phi) is 26.7.